The van der Waals surface area contributed by atoms with Crippen LogP contribution in [-0.4, -0.2) is 61.2 Å². The highest BCUT2D eigenvalue weighted by Gasteiger charge is 2.39. The number of nitrogens with zero attached hydrogens (tertiary/aromatic N) is 2. The van der Waals surface area contributed by atoms with Gasteiger partial charge in [0.15, 0.2) is 0 Å². The molecule has 1 saturated heterocycles. The Morgan fingerprint density at radius 1 is 1.10 bits per heavy atom. The summed E-state index contributed by atoms with van der Waals surface area (Å²) in [6.45, 7) is 16.6. The number of hydrogen-bond acceptors (Lipinski definition) is 3. The van der Waals surface area contributed by atoms with Crippen LogP contribution in [0.5, 0.6) is 0 Å². The first-order valence-electron chi connectivity index (χ1n) is 8.85. The Morgan fingerprint density at radius 2 is 1.70 bits per heavy atom. The van der Waals surface area contributed by atoms with Crippen molar-refractivity contribution in [1.29, 1.82) is 0 Å². The number of piperidine rings is 1. The Bertz CT molecular complexity index is 261. The molecule has 0 aromatic carbocycles. The van der Waals surface area contributed by atoms with Crippen molar-refractivity contribution in [1.82, 2.24) is 15.1 Å². The van der Waals surface area contributed by atoms with E-state index in [0.29, 0.717) is 0 Å². The van der Waals surface area contributed by atoms with E-state index in [-0.39, 0.29) is 0 Å². The summed E-state index contributed by atoms with van der Waals surface area (Å²) in [7, 11) is 0. The molecule has 1 N–H and O–H groups in total. The lowest BCUT2D eigenvalue weighted by molar-refractivity contribution is 0.0289. The van der Waals surface area contributed by atoms with Crippen molar-refractivity contribution >= 4 is 0 Å². The Balaban J connectivity index is 1.83. The third kappa shape index (κ3) is 3.96. The fraction of sp³-hybridized carbons (Fsp3) is 1.00. The van der Waals surface area contributed by atoms with Gasteiger partial charge in [0.1, 0.15) is 0 Å². The van der Waals surface area contributed by atoms with Gasteiger partial charge in [0.2, 0.25) is 0 Å². The molecule has 0 radical (unpaired) electrons. The van der Waals surface area contributed by atoms with Gasteiger partial charge in [-0.25, -0.2) is 0 Å². The summed E-state index contributed by atoms with van der Waals surface area (Å²) >= 11 is 0. The number of likely N-dealkylation sites (N-methyl/N-ethyl adjacent to an activating group) is 1. The van der Waals surface area contributed by atoms with Crippen molar-refractivity contribution < 1.29 is 0 Å². The van der Waals surface area contributed by atoms with Crippen LogP contribution in [0.2, 0.25) is 0 Å². The van der Waals surface area contributed by atoms with Crippen LogP contribution < -0.4 is 5.32 Å². The predicted molar refractivity (Wildman–Crippen MR) is 87.1 cm³/mol. The molecule has 0 spiro atoms. The lowest BCUT2D eigenvalue weighted by atomic mass is 9.73. The summed E-state index contributed by atoms with van der Waals surface area (Å²) in [5.41, 5.74) is 0. The zero-order valence-electron chi connectivity index (χ0n) is 14.1. The minimum atomic E-state index is 0.717. The SMILES string of the molecule is CCN(CC)CCNC1C2CCCC1CN(C(C)C)C2. The second-order valence-corrected chi connectivity index (χ2v) is 7.01. The summed E-state index contributed by atoms with van der Waals surface area (Å²) in [6, 6.07) is 1.50. The topological polar surface area (TPSA) is 18.5 Å². The van der Waals surface area contributed by atoms with Gasteiger partial charge in [-0.05, 0) is 51.6 Å². The molecule has 1 aliphatic heterocycles. The van der Waals surface area contributed by atoms with Crippen molar-refractivity contribution in [2.45, 2.75) is 59.0 Å². The minimum Gasteiger partial charge on any atom is -0.312 e. The van der Waals surface area contributed by atoms with E-state index in [9.17, 15) is 0 Å². The molecule has 1 saturated carbocycles. The van der Waals surface area contributed by atoms with Crippen molar-refractivity contribution in [2.24, 2.45) is 11.8 Å². The molecule has 3 heteroatoms. The second-order valence-electron chi connectivity index (χ2n) is 7.01. The first-order valence-corrected chi connectivity index (χ1v) is 8.85. The highest BCUT2D eigenvalue weighted by molar-refractivity contribution is 4.95. The van der Waals surface area contributed by atoms with E-state index in [1.54, 1.807) is 0 Å². The molecule has 1 heterocycles. The molecule has 0 amide bonds. The first kappa shape index (κ1) is 16.3. The Kier molecular flexibility index (Phi) is 6.31. The average molecular weight is 281 g/mol. The van der Waals surface area contributed by atoms with E-state index in [4.69, 9.17) is 0 Å². The van der Waals surface area contributed by atoms with E-state index in [2.05, 4.69) is 42.8 Å². The number of rotatable bonds is 7. The van der Waals surface area contributed by atoms with Crippen LogP contribution >= 0.6 is 0 Å². The van der Waals surface area contributed by atoms with Gasteiger partial charge in [0.05, 0.1) is 0 Å². The molecule has 2 aliphatic rings. The smallest absolute Gasteiger partial charge is 0.0148 e. The molecular weight excluding hydrogens is 246 g/mol. The van der Waals surface area contributed by atoms with E-state index in [1.165, 1.54) is 58.5 Å². The summed E-state index contributed by atoms with van der Waals surface area (Å²) in [5.74, 6) is 1.78. The molecular formula is C17H35N3. The summed E-state index contributed by atoms with van der Waals surface area (Å²) < 4.78 is 0. The highest BCUT2D eigenvalue weighted by atomic mass is 15.2. The Labute approximate surface area is 126 Å². The molecule has 20 heavy (non-hydrogen) atoms. The number of nitrogens with one attached hydrogen (secondary N) is 1. The summed E-state index contributed by atoms with van der Waals surface area (Å²) in [5, 5.41) is 3.91. The number of hydrogen-bond donors (Lipinski definition) is 1. The average Bonchev–Trinajstić information content (AvgIpc) is 2.42. The van der Waals surface area contributed by atoms with Crippen LogP contribution in [-0.2, 0) is 0 Å². The molecule has 2 bridgehead atoms. The van der Waals surface area contributed by atoms with Gasteiger partial charge < -0.3 is 15.1 Å². The van der Waals surface area contributed by atoms with E-state index >= 15 is 0 Å². The molecule has 1 aliphatic carbocycles. The molecule has 2 rings (SSSR count). The van der Waals surface area contributed by atoms with Crippen LogP contribution in [0.4, 0.5) is 0 Å². The zero-order chi connectivity index (χ0) is 14.5. The van der Waals surface area contributed by atoms with Gasteiger partial charge in [0, 0.05) is 38.3 Å². The van der Waals surface area contributed by atoms with Gasteiger partial charge in [-0.3, -0.25) is 0 Å². The van der Waals surface area contributed by atoms with Crippen molar-refractivity contribution in [2.75, 3.05) is 39.3 Å². The molecule has 0 aromatic rings. The number of fused-ring (bicyclic) bond motifs is 2. The lowest BCUT2D eigenvalue weighted by Crippen LogP contribution is -2.58. The monoisotopic (exact) mass is 281 g/mol. The Morgan fingerprint density at radius 3 is 2.20 bits per heavy atom. The fourth-order valence-electron chi connectivity index (χ4n) is 4.16. The minimum absolute atomic E-state index is 0.717. The molecule has 2 fully saturated rings. The highest BCUT2D eigenvalue weighted by Crippen LogP contribution is 2.35. The quantitative estimate of drug-likeness (QED) is 0.773. The normalized spacial score (nSPS) is 31.2. The van der Waals surface area contributed by atoms with Gasteiger partial charge in [-0.2, -0.15) is 0 Å². The molecule has 0 aromatic heterocycles. The van der Waals surface area contributed by atoms with Crippen LogP contribution in [0.15, 0.2) is 0 Å². The van der Waals surface area contributed by atoms with Crippen LogP contribution in [0.3, 0.4) is 0 Å². The molecule has 118 valence electrons. The van der Waals surface area contributed by atoms with Crippen LogP contribution in [0, 0.1) is 11.8 Å². The van der Waals surface area contributed by atoms with E-state index < -0.39 is 0 Å². The fourth-order valence-corrected chi connectivity index (χ4v) is 4.16. The third-order valence-corrected chi connectivity index (χ3v) is 5.54. The van der Waals surface area contributed by atoms with E-state index in [0.717, 1.165) is 23.9 Å². The second kappa shape index (κ2) is 7.77. The van der Waals surface area contributed by atoms with Crippen molar-refractivity contribution in [3.63, 3.8) is 0 Å². The Hall–Kier alpha value is -0.120. The van der Waals surface area contributed by atoms with Gasteiger partial charge >= 0.3 is 0 Å². The molecule has 2 unspecified atom stereocenters. The van der Waals surface area contributed by atoms with E-state index in [1.807, 2.05) is 0 Å². The van der Waals surface area contributed by atoms with Gasteiger partial charge in [-0.15, -0.1) is 0 Å². The zero-order valence-corrected chi connectivity index (χ0v) is 14.1. The van der Waals surface area contributed by atoms with Crippen molar-refractivity contribution in [3.8, 4) is 0 Å². The largest absolute Gasteiger partial charge is 0.312 e. The van der Waals surface area contributed by atoms with Gasteiger partial charge in [0.25, 0.3) is 0 Å². The summed E-state index contributed by atoms with van der Waals surface area (Å²) in [6.07, 6.45) is 4.32. The van der Waals surface area contributed by atoms with Gasteiger partial charge in [-0.1, -0.05) is 20.3 Å². The van der Waals surface area contributed by atoms with Crippen LogP contribution in [0.1, 0.15) is 47.0 Å². The van der Waals surface area contributed by atoms with Crippen molar-refractivity contribution in [3.05, 3.63) is 0 Å². The molecule has 2 atom stereocenters. The number of likely N-dealkylation sites (tertiary alicyclic amines) is 1. The maximum Gasteiger partial charge on any atom is 0.0148 e. The predicted octanol–water partition coefficient (Wildman–Crippen LogP) is 2.43. The maximum atomic E-state index is 3.91. The summed E-state index contributed by atoms with van der Waals surface area (Å²) in [4.78, 5) is 5.23. The maximum absolute atomic E-state index is 3.91. The standard InChI is InChI=1S/C17H35N3/c1-5-19(6-2)11-10-18-17-15-8-7-9-16(17)13-20(12-15)14(3)4/h14-18H,5-13H2,1-4H3. The third-order valence-electron chi connectivity index (χ3n) is 5.54. The first-order chi connectivity index (χ1) is 9.65. The lowest BCUT2D eigenvalue weighted by Gasteiger charge is -2.49. The van der Waals surface area contributed by atoms with Crippen LogP contribution in [0.25, 0.3) is 0 Å². The molecule has 3 nitrogen and oxygen atoms in total.